The smallest absolute Gasteiger partial charge is 0.357 e. The molecule has 2 aromatic heterocycles. The van der Waals surface area contributed by atoms with Crippen LogP contribution in [-0.4, -0.2) is 59.3 Å². The van der Waals surface area contributed by atoms with Gasteiger partial charge >= 0.3 is 17.9 Å². The first-order chi connectivity index (χ1) is 15.8. The second kappa shape index (κ2) is 9.69. The van der Waals surface area contributed by atoms with E-state index in [2.05, 4.69) is 29.7 Å². The average molecular weight is 450 g/mol. The van der Waals surface area contributed by atoms with Crippen molar-refractivity contribution in [1.82, 2.24) is 9.97 Å². The molecule has 3 rings (SSSR count). The molecule has 1 aliphatic carbocycles. The van der Waals surface area contributed by atoms with Crippen LogP contribution in [0.2, 0.25) is 0 Å². The molecule has 0 bridgehead atoms. The quantitative estimate of drug-likeness (QED) is 0.264. The highest BCUT2D eigenvalue weighted by Gasteiger charge is 2.38. The molecule has 0 amide bonds. The zero-order valence-corrected chi connectivity index (χ0v) is 17.3. The molecule has 168 valence electrons. The van der Waals surface area contributed by atoms with Gasteiger partial charge < -0.3 is 19.2 Å². The van der Waals surface area contributed by atoms with Crippen molar-refractivity contribution in [2.45, 2.75) is 0 Å². The number of fused-ring (bicyclic) bond motifs is 3. The Hall–Kier alpha value is -4.60. The Bertz CT molecular complexity index is 1220. The fourth-order valence-electron chi connectivity index (χ4n) is 3.03. The number of hydrogen-bond acceptors (Lipinski definition) is 9. The van der Waals surface area contributed by atoms with E-state index in [9.17, 15) is 24.0 Å². The third-order valence-corrected chi connectivity index (χ3v) is 4.40. The third-order valence-electron chi connectivity index (χ3n) is 4.40. The molecule has 1 N–H and O–H groups in total. The standard InChI is InChI=1S/C23H18N2O8/c1-4-7-31-21(28)12-10-14(22(29)32-8-5-2)25-18-16(12)17-13(19(26)20(18)27)11-15(24-17)23(30)33-9-6-3/h4-6,10-11,24H,1-3,7-9H2. The van der Waals surface area contributed by atoms with Gasteiger partial charge in [0.15, 0.2) is 0 Å². The molecule has 10 heteroatoms. The number of aromatic amines is 1. The van der Waals surface area contributed by atoms with E-state index in [-0.39, 0.29) is 53.6 Å². The van der Waals surface area contributed by atoms with Gasteiger partial charge in [-0.3, -0.25) is 9.59 Å². The van der Waals surface area contributed by atoms with Crippen molar-refractivity contribution in [2.75, 3.05) is 19.8 Å². The number of H-pyrrole nitrogens is 1. The zero-order valence-electron chi connectivity index (χ0n) is 17.3. The van der Waals surface area contributed by atoms with Gasteiger partial charge in [-0.15, -0.1) is 0 Å². The van der Waals surface area contributed by atoms with E-state index in [1.54, 1.807) is 0 Å². The van der Waals surface area contributed by atoms with E-state index in [1.165, 1.54) is 18.2 Å². The number of ketones is 2. The molecule has 0 radical (unpaired) electrons. The number of aromatic nitrogens is 2. The fraction of sp³-hybridized carbons (Fsp3) is 0.130. The number of carbonyl (C=O) groups excluding carboxylic acids is 5. The van der Waals surface area contributed by atoms with Crippen molar-refractivity contribution < 1.29 is 38.2 Å². The topological polar surface area (TPSA) is 142 Å². The minimum Gasteiger partial charge on any atom is -0.458 e. The monoisotopic (exact) mass is 450 g/mol. The summed E-state index contributed by atoms with van der Waals surface area (Å²) < 4.78 is 15.0. The van der Waals surface area contributed by atoms with Crippen LogP contribution in [0.25, 0.3) is 11.3 Å². The zero-order chi connectivity index (χ0) is 24.1. The van der Waals surface area contributed by atoms with Gasteiger partial charge in [0.05, 0.1) is 16.8 Å². The van der Waals surface area contributed by atoms with Crippen molar-refractivity contribution in [1.29, 1.82) is 0 Å². The molecule has 0 aromatic carbocycles. The summed E-state index contributed by atoms with van der Waals surface area (Å²) in [4.78, 5) is 69.5. The second-order valence-corrected chi connectivity index (χ2v) is 6.57. The van der Waals surface area contributed by atoms with E-state index in [4.69, 9.17) is 14.2 Å². The normalized spacial score (nSPS) is 11.6. The Morgan fingerprint density at radius 2 is 1.42 bits per heavy atom. The first-order valence-corrected chi connectivity index (χ1v) is 9.55. The van der Waals surface area contributed by atoms with Gasteiger partial charge in [-0.25, -0.2) is 19.4 Å². The van der Waals surface area contributed by atoms with Crippen molar-refractivity contribution in [3.63, 3.8) is 0 Å². The Kier molecular flexibility index (Phi) is 6.77. The number of Topliss-reactive ketones (excluding diaryl/α,β-unsaturated/α-hetero) is 2. The number of pyridine rings is 1. The predicted molar refractivity (Wildman–Crippen MR) is 114 cm³/mol. The maximum atomic E-state index is 12.8. The molecule has 0 saturated carbocycles. The van der Waals surface area contributed by atoms with E-state index in [0.29, 0.717) is 0 Å². The van der Waals surface area contributed by atoms with Crippen LogP contribution >= 0.6 is 0 Å². The van der Waals surface area contributed by atoms with Crippen molar-refractivity contribution in [3.8, 4) is 11.3 Å². The summed E-state index contributed by atoms with van der Waals surface area (Å²) in [5.41, 5.74) is -1.46. The highest BCUT2D eigenvalue weighted by atomic mass is 16.5. The molecular formula is C23H18N2O8. The van der Waals surface area contributed by atoms with Gasteiger partial charge in [-0.1, -0.05) is 38.0 Å². The lowest BCUT2D eigenvalue weighted by molar-refractivity contribution is 0.0531. The number of carbonyl (C=O) groups is 5. The number of esters is 3. The molecule has 33 heavy (non-hydrogen) atoms. The number of nitrogens with one attached hydrogen (secondary N) is 1. The number of ether oxygens (including phenoxy) is 3. The second-order valence-electron chi connectivity index (χ2n) is 6.57. The molecule has 0 unspecified atom stereocenters. The fourth-order valence-corrected chi connectivity index (χ4v) is 3.03. The van der Waals surface area contributed by atoms with Crippen molar-refractivity contribution >= 4 is 29.5 Å². The minimum atomic E-state index is -1.07. The van der Waals surface area contributed by atoms with E-state index >= 15 is 0 Å². The summed E-state index contributed by atoms with van der Waals surface area (Å²) in [7, 11) is 0. The molecule has 0 fully saturated rings. The molecule has 1 aliphatic rings. The molecule has 2 aromatic rings. The van der Waals surface area contributed by atoms with Crippen LogP contribution in [-0.2, 0) is 14.2 Å². The largest absolute Gasteiger partial charge is 0.458 e. The van der Waals surface area contributed by atoms with Crippen LogP contribution < -0.4 is 0 Å². The lowest BCUT2D eigenvalue weighted by Gasteiger charge is -2.18. The Morgan fingerprint density at radius 3 is 2.03 bits per heavy atom. The van der Waals surface area contributed by atoms with Gasteiger partial charge in [0.25, 0.3) is 5.78 Å². The molecule has 0 atom stereocenters. The van der Waals surface area contributed by atoms with Gasteiger partial charge in [-0.05, 0) is 12.1 Å². The van der Waals surface area contributed by atoms with Crippen LogP contribution in [0.4, 0.5) is 0 Å². The summed E-state index contributed by atoms with van der Waals surface area (Å²) in [6.07, 6.45) is 4.00. The van der Waals surface area contributed by atoms with Crippen molar-refractivity contribution in [2.24, 2.45) is 0 Å². The molecule has 2 heterocycles. The molecule has 0 saturated heterocycles. The van der Waals surface area contributed by atoms with Crippen LogP contribution in [0, 0.1) is 0 Å². The minimum absolute atomic E-state index is 0.00999. The number of nitrogens with zero attached hydrogens (tertiary/aromatic N) is 1. The van der Waals surface area contributed by atoms with Gasteiger partial charge in [0, 0.05) is 5.56 Å². The van der Waals surface area contributed by atoms with Gasteiger partial charge in [0.1, 0.15) is 36.9 Å². The number of rotatable bonds is 9. The maximum absolute atomic E-state index is 12.8. The van der Waals surface area contributed by atoms with Crippen LogP contribution in [0.5, 0.6) is 0 Å². The molecule has 0 spiro atoms. The molecular weight excluding hydrogens is 432 g/mol. The first kappa shape index (κ1) is 23.1. The van der Waals surface area contributed by atoms with E-state index < -0.39 is 35.2 Å². The van der Waals surface area contributed by atoms with Gasteiger partial charge in [0.2, 0.25) is 5.78 Å². The lowest BCUT2D eigenvalue weighted by atomic mass is 9.88. The maximum Gasteiger partial charge on any atom is 0.357 e. The Labute approximate surface area is 187 Å². The molecule has 10 nitrogen and oxygen atoms in total. The highest BCUT2D eigenvalue weighted by Crippen LogP contribution is 2.36. The SMILES string of the molecule is C=CCOC(=O)c1cc(C(=O)OCC=C)c2c(n1)C(=O)C(=O)c1cc(C(=O)OCC=C)[nH]c1-2. The summed E-state index contributed by atoms with van der Waals surface area (Å²) in [5, 5.41) is 0. The van der Waals surface area contributed by atoms with Crippen LogP contribution in [0.1, 0.15) is 52.2 Å². The predicted octanol–water partition coefficient (Wildman–Crippen LogP) is 2.48. The van der Waals surface area contributed by atoms with Crippen LogP contribution in [0.15, 0.2) is 50.1 Å². The summed E-state index contributed by atoms with van der Waals surface area (Å²) in [5.74, 6) is -4.71. The van der Waals surface area contributed by atoms with Crippen molar-refractivity contribution in [3.05, 3.63) is 78.3 Å². The highest BCUT2D eigenvalue weighted by molar-refractivity contribution is 6.52. The lowest BCUT2D eigenvalue weighted by Crippen LogP contribution is -2.26. The first-order valence-electron chi connectivity index (χ1n) is 9.55. The Morgan fingerprint density at radius 1 is 0.848 bits per heavy atom. The summed E-state index contributed by atoms with van der Waals surface area (Å²) in [6.45, 7) is 9.96. The summed E-state index contributed by atoms with van der Waals surface area (Å²) >= 11 is 0. The van der Waals surface area contributed by atoms with E-state index in [0.717, 1.165) is 12.1 Å². The Balaban J connectivity index is 2.22. The number of hydrogen-bond donors (Lipinski definition) is 1. The molecule has 0 aliphatic heterocycles. The average Bonchev–Trinajstić information content (AvgIpc) is 3.27. The third kappa shape index (κ3) is 4.40. The van der Waals surface area contributed by atoms with E-state index in [1.807, 2.05) is 0 Å². The van der Waals surface area contributed by atoms with Gasteiger partial charge in [-0.2, -0.15) is 0 Å². The van der Waals surface area contributed by atoms with Crippen LogP contribution in [0.3, 0.4) is 0 Å². The summed E-state index contributed by atoms with van der Waals surface area (Å²) in [6, 6.07) is 2.23.